The lowest BCUT2D eigenvalue weighted by atomic mass is 10.3. The van der Waals surface area contributed by atoms with E-state index >= 15 is 0 Å². The quantitative estimate of drug-likeness (QED) is 0.910. The van der Waals surface area contributed by atoms with Crippen LogP contribution in [0.2, 0.25) is 5.02 Å². The summed E-state index contributed by atoms with van der Waals surface area (Å²) in [5.74, 6) is 0.844. The van der Waals surface area contributed by atoms with Crippen LogP contribution in [-0.4, -0.2) is 16.5 Å². The fraction of sp³-hybridized carbons (Fsp3) is 0.273. The van der Waals surface area contributed by atoms with E-state index in [9.17, 15) is 0 Å². The Balaban J connectivity index is 1.82. The second-order valence-corrected chi connectivity index (χ2v) is 4.89. The van der Waals surface area contributed by atoms with Crippen molar-refractivity contribution in [2.75, 3.05) is 11.9 Å². The van der Waals surface area contributed by atoms with Gasteiger partial charge in [-0.1, -0.05) is 11.6 Å². The van der Waals surface area contributed by atoms with Gasteiger partial charge in [0.1, 0.15) is 5.82 Å². The molecular weight excluding hydrogens is 242 g/mol. The van der Waals surface area contributed by atoms with E-state index < -0.39 is 0 Å². The Hall–Kier alpha value is -1.13. The van der Waals surface area contributed by atoms with Crippen LogP contribution in [0.3, 0.4) is 0 Å². The molecule has 2 heterocycles. The number of pyridine rings is 1. The minimum atomic E-state index is 0.653. The van der Waals surface area contributed by atoms with Gasteiger partial charge in [0.15, 0.2) is 0 Å². The van der Waals surface area contributed by atoms with Gasteiger partial charge in [0.2, 0.25) is 0 Å². The Kier molecular flexibility index (Phi) is 3.74. The Morgan fingerprint density at radius 2 is 2.31 bits per heavy atom. The van der Waals surface area contributed by atoms with Gasteiger partial charge in [-0.05, 0) is 19.1 Å². The van der Waals surface area contributed by atoms with Crippen molar-refractivity contribution < 1.29 is 0 Å². The van der Waals surface area contributed by atoms with Gasteiger partial charge in [0, 0.05) is 24.5 Å². The maximum Gasteiger partial charge on any atom is 0.125 e. The van der Waals surface area contributed by atoms with E-state index in [4.69, 9.17) is 11.6 Å². The lowest BCUT2D eigenvalue weighted by Crippen LogP contribution is -2.06. The second kappa shape index (κ2) is 5.27. The van der Waals surface area contributed by atoms with Gasteiger partial charge in [-0.15, -0.1) is 11.3 Å². The van der Waals surface area contributed by atoms with Gasteiger partial charge >= 0.3 is 0 Å². The molecule has 0 saturated carbocycles. The van der Waals surface area contributed by atoms with E-state index in [1.165, 1.54) is 0 Å². The fourth-order valence-electron chi connectivity index (χ4n) is 1.32. The van der Waals surface area contributed by atoms with Crippen LogP contribution in [0.1, 0.15) is 10.7 Å². The fourth-order valence-corrected chi connectivity index (χ4v) is 2.08. The van der Waals surface area contributed by atoms with E-state index in [1.807, 2.05) is 19.1 Å². The van der Waals surface area contributed by atoms with Crippen LogP contribution in [0.15, 0.2) is 23.7 Å². The minimum Gasteiger partial charge on any atom is -0.370 e. The first-order valence-corrected chi connectivity index (χ1v) is 6.26. The van der Waals surface area contributed by atoms with Gasteiger partial charge in [-0.3, -0.25) is 0 Å². The van der Waals surface area contributed by atoms with Gasteiger partial charge in [-0.25, -0.2) is 9.97 Å². The van der Waals surface area contributed by atoms with Crippen molar-refractivity contribution in [2.24, 2.45) is 0 Å². The molecule has 0 atom stereocenters. The topological polar surface area (TPSA) is 37.8 Å². The monoisotopic (exact) mass is 253 g/mol. The highest BCUT2D eigenvalue weighted by Gasteiger charge is 1.98. The van der Waals surface area contributed by atoms with Crippen molar-refractivity contribution in [3.8, 4) is 0 Å². The molecular formula is C11H12ClN3S. The number of anilines is 1. The van der Waals surface area contributed by atoms with Crippen LogP contribution in [0, 0.1) is 6.92 Å². The van der Waals surface area contributed by atoms with Gasteiger partial charge < -0.3 is 5.32 Å². The molecule has 0 amide bonds. The van der Waals surface area contributed by atoms with E-state index in [1.54, 1.807) is 17.5 Å². The molecule has 3 nitrogen and oxygen atoms in total. The van der Waals surface area contributed by atoms with Gasteiger partial charge in [0.25, 0.3) is 0 Å². The molecule has 2 rings (SSSR count). The Morgan fingerprint density at radius 1 is 1.44 bits per heavy atom. The van der Waals surface area contributed by atoms with Gasteiger partial charge in [0.05, 0.1) is 15.7 Å². The second-order valence-electron chi connectivity index (χ2n) is 3.40. The molecule has 0 saturated heterocycles. The average molecular weight is 254 g/mol. The summed E-state index contributed by atoms with van der Waals surface area (Å²) < 4.78 is 0. The summed E-state index contributed by atoms with van der Waals surface area (Å²) in [5.41, 5.74) is 1.13. The predicted molar refractivity (Wildman–Crippen MR) is 68.3 cm³/mol. The highest BCUT2D eigenvalue weighted by Crippen LogP contribution is 2.11. The van der Waals surface area contributed by atoms with Crippen LogP contribution in [-0.2, 0) is 6.42 Å². The molecule has 0 aromatic carbocycles. The summed E-state index contributed by atoms with van der Waals surface area (Å²) >= 11 is 7.43. The smallest absolute Gasteiger partial charge is 0.125 e. The third-order valence-corrected chi connectivity index (χ3v) is 3.13. The van der Waals surface area contributed by atoms with Crippen molar-refractivity contribution in [1.82, 2.24) is 9.97 Å². The number of aryl methyl sites for hydroxylation is 1. The number of thiazole rings is 1. The van der Waals surface area contributed by atoms with E-state index in [-0.39, 0.29) is 0 Å². The number of nitrogens with zero attached hydrogens (tertiary/aromatic N) is 2. The first-order valence-electron chi connectivity index (χ1n) is 5.00. The molecule has 0 bridgehead atoms. The van der Waals surface area contributed by atoms with Crippen molar-refractivity contribution in [3.05, 3.63) is 39.4 Å². The third-order valence-electron chi connectivity index (χ3n) is 2.08. The maximum absolute atomic E-state index is 5.75. The molecule has 0 aliphatic rings. The Morgan fingerprint density at radius 3 is 2.94 bits per heavy atom. The lowest BCUT2D eigenvalue weighted by molar-refractivity contribution is 0.960. The molecule has 0 fully saturated rings. The molecule has 0 aliphatic heterocycles. The number of halogens is 1. The average Bonchev–Trinajstić information content (AvgIpc) is 2.67. The number of nitrogens with one attached hydrogen (secondary N) is 1. The maximum atomic E-state index is 5.75. The largest absolute Gasteiger partial charge is 0.370 e. The number of hydrogen-bond donors (Lipinski definition) is 1. The SMILES string of the molecule is Cc1nc(CCNc2ccc(Cl)cn2)cs1. The summed E-state index contributed by atoms with van der Waals surface area (Å²) in [5, 5.41) is 7.08. The number of rotatable bonds is 4. The van der Waals surface area contributed by atoms with Crippen LogP contribution in [0.5, 0.6) is 0 Å². The molecule has 0 aliphatic carbocycles. The van der Waals surface area contributed by atoms with Crippen molar-refractivity contribution in [3.63, 3.8) is 0 Å². The van der Waals surface area contributed by atoms with Crippen LogP contribution < -0.4 is 5.32 Å². The highest BCUT2D eigenvalue weighted by molar-refractivity contribution is 7.09. The molecule has 0 radical (unpaired) electrons. The van der Waals surface area contributed by atoms with Crippen molar-refractivity contribution >= 4 is 28.8 Å². The van der Waals surface area contributed by atoms with E-state index in [0.717, 1.165) is 29.5 Å². The molecule has 1 N–H and O–H groups in total. The standard InChI is InChI=1S/C11H12ClN3S/c1-8-15-10(7-16-8)4-5-13-11-3-2-9(12)6-14-11/h2-3,6-7H,4-5H2,1H3,(H,13,14). The van der Waals surface area contributed by atoms with E-state index in [2.05, 4.69) is 20.7 Å². The number of hydrogen-bond acceptors (Lipinski definition) is 4. The Labute approximate surface area is 104 Å². The zero-order valence-electron chi connectivity index (χ0n) is 8.90. The molecule has 84 valence electrons. The lowest BCUT2D eigenvalue weighted by Gasteiger charge is -2.03. The first-order chi connectivity index (χ1) is 7.74. The summed E-state index contributed by atoms with van der Waals surface area (Å²) in [6, 6.07) is 3.69. The first kappa shape index (κ1) is 11.4. The van der Waals surface area contributed by atoms with Crippen LogP contribution >= 0.6 is 22.9 Å². The van der Waals surface area contributed by atoms with Crippen molar-refractivity contribution in [1.29, 1.82) is 0 Å². The molecule has 0 unspecified atom stereocenters. The predicted octanol–water partition coefficient (Wildman–Crippen LogP) is 3.15. The Bertz CT molecular complexity index is 453. The molecule has 0 spiro atoms. The minimum absolute atomic E-state index is 0.653. The van der Waals surface area contributed by atoms with Crippen LogP contribution in [0.25, 0.3) is 0 Å². The highest BCUT2D eigenvalue weighted by atomic mass is 35.5. The van der Waals surface area contributed by atoms with Crippen molar-refractivity contribution in [2.45, 2.75) is 13.3 Å². The summed E-state index contributed by atoms with van der Waals surface area (Å²) in [6.07, 6.45) is 2.55. The summed E-state index contributed by atoms with van der Waals surface area (Å²) in [6.45, 7) is 2.85. The third kappa shape index (κ3) is 3.18. The summed E-state index contributed by atoms with van der Waals surface area (Å²) in [7, 11) is 0. The molecule has 2 aromatic heterocycles. The molecule has 16 heavy (non-hydrogen) atoms. The summed E-state index contributed by atoms with van der Waals surface area (Å²) in [4.78, 5) is 8.55. The molecule has 5 heteroatoms. The van der Waals surface area contributed by atoms with E-state index in [0.29, 0.717) is 5.02 Å². The normalized spacial score (nSPS) is 10.4. The molecule has 2 aromatic rings. The zero-order chi connectivity index (χ0) is 11.4. The number of aromatic nitrogens is 2. The zero-order valence-corrected chi connectivity index (χ0v) is 10.5. The van der Waals surface area contributed by atoms with Crippen LogP contribution in [0.4, 0.5) is 5.82 Å². The van der Waals surface area contributed by atoms with Gasteiger partial charge in [-0.2, -0.15) is 0 Å².